The number of carbonyl (C=O) groups is 2. The second-order valence-electron chi connectivity index (χ2n) is 10.7. The number of aliphatic carboxylic acids is 1. The quantitative estimate of drug-likeness (QED) is 0.307. The van der Waals surface area contributed by atoms with E-state index < -0.39 is 11.9 Å². The lowest BCUT2D eigenvalue weighted by Gasteiger charge is -2.30. The first-order valence-corrected chi connectivity index (χ1v) is 14.4. The molecule has 0 unspecified atom stereocenters. The van der Waals surface area contributed by atoms with Gasteiger partial charge >= 0.3 is 5.97 Å². The first-order chi connectivity index (χ1) is 19.5. The zero-order valence-electron chi connectivity index (χ0n) is 23.3. The monoisotopic (exact) mass is 554 g/mol. The van der Waals surface area contributed by atoms with Crippen molar-refractivity contribution in [1.82, 2.24) is 9.80 Å². The summed E-state index contributed by atoms with van der Waals surface area (Å²) in [6.07, 6.45) is 4.40. The Labute approximate surface area is 236 Å². The maximum absolute atomic E-state index is 13.5. The van der Waals surface area contributed by atoms with Crippen molar-refractivity contribution in [2.45, 2.75) is 64.0 Å². The van der Waals surface area contributed by atoms with Gasteiger partial charge in [0, 0.05) is 38.2 Å². The van der Waals surface area contributed by atoms with E-state index in [0.29, 0.717) is 44.0 Å². The van der Waals surface area contributed by atoms with Gasteiger partial charge < -0.3 is 29.7 Å². The van der Waals surface area contributed by atoms with Crippen LogP contribution in [0.25, 0.3) is 0 Å². The predicted molar refractivity (Wildman–Crippen MR) is 150 cm³/mol. The van der Waals surface area contributed by atoms with E-state index in [-0.39, 0.29) is 44.4 Å². The van der Waals surface area contributed by atoms with Crippen LogP contribution in [0.4, 0.5) is 0 Å². The lowest BCUT2D eigenvalue weighted by atomic mass is 9.83. The molecule has 0 radical (unpaired) electrons. The molecule has 0 aliphatic carbocycles. The Hall–Kier alpha value is -3.14. The number of benzene rings is 2. The minimum Gasteiger partial charge on any atom is -0.481 e. The molecule has 2 aromatic rings. The zero-order valence-corrected chi connectivity index (χ0v) is 23.3. The highest BCUT2D eigenvalue weighted by Gasteiger charge is 2.47. The minimum atomic E-state index is -0.874. The number of hydrogen-bond donors (Lipinski definition) is 3. The molecule has 1 fully saturated rings. The molecule has 40 heavy (non-hydrogen) atoms. The summed E-state index contributed by atoms with van der Waals surface area (Å²) >= 11 is 0. The molecule has 9 nitrogen and oxygen atoms in total. The lowest BCUT2D eigenvalue weighted by Crippen LogP contribution is -2.44. The number of carbonyl (C=O) groups excluding carboxylic acids is 1. The van der Waals surface area contributed by atoms with Crippen LogP contribution in [0.2, 0.25) is 0 Å². The van der Waals surface area contributed by atoms with Gasteiger partial charge in [0.2, 0.25) is 12.7 Å². The largest absolute Gasteiger partial charge is 0.481 e. The van der Waals surface area contributed by atoms with Gasteiger partial charge in [-0.15, -0.1) is 0 Å². The average Bonchev–Trinajstić information content (AvgIpc) is 3.57. The van der Waals surface area contributed by atoms with Crippen molar-refractivity contribution in [1.29, 1.82) is 0 Å². The van der Waals surface area contributed by atoms with Crippen LogP contribution in [0.15, 0.2) is 42.5 Å². The smallest absolute Gasteiger partial charge is 0.308 e. The van der Waals surface area contributed by atoms with Gasteiger partial charge in [-0.2, -0.15) is 0 Å². The Morgan fingerprint density at radius 3 is 2.48 bits per heavy atom. The number of likely N-dealkylation sites (tertiary alicyclic amines) is 1. The Bertz CT molecular complexity index is 1130. The third kappa shape index (κ3) is 7.13. The summed E-state index contributed by atoms with van der Waals surface area (Å²) in [7, 11) is 0. The molecule has 2 aliphatic heterocycles. The number of carboxylic acids is 1. The van der Waals surface area contributed by atoms with Crippen LogP contribution in [0.5, 0.6) is 11.5 Å². The molecule has 0 bridgehead atoms. The Kier molecular flexibility index (Phi) is 10.8. The lowest BCUT2D eigenvalue weighted by molar-refractivity contribution is -0.144. The van der Waals surface area contributed by atoms with E-state index in [1.807, 2.05) is 47.4 Å². The number of unbranched alkanes of at least 4 members (excludes halogenated alkanes) is 1. The van der Waals surface area contributed by atoms with E-state index in [9.17, 15) is 24.9 Å². The summed E-state index contributed by atoms with van der Waals surface area (Å²) in [5.74, 6) is -0.647. The summed E-state index contributed by atoms with van der Waals surface area (Å²) in [6, 6.07) is 13.0. The fraction of sp³-hybridized carbons (Fsp3) is 0.548. The highest BCUT2D eigenvalue weighted by molar-refractivity contribution is 5.79. The van der Waals surface area contributed by atoms with Gasteiger partial charge in [0.1, 0.15) is 0 Å². The Morgan fingerprint density at radius 1 is 1.00 bits per heavy atom. The number of nitrogens with zero attached hydrogens (tertiary/aromatic N) is 2. The van der Waals surface area contributed by atoms with E-state index in [4.69, 9.17) is 9.47 Å². The highest BCUT2D eigenvalue weighted by atomic mass is 16.7. The fourth-order valence-electron chi connectivity index (χ4n) is 6.04. The Morgan fingerprint density at radius 2 is 1.75 bits per heavy atom. The van der Waals surface area contributed by atoms with Gasteiger partial charge in [-0.05, 0) is 60.9 Å². The van der Waals surface area contributed by atoms with Crippen molar-refractivity contribution in [3.8, 4) is 11.5 Å². The summed E-state index contributed by atoms with van der Waals surface area (Å²) in [5.41, 5.74) is 2.80. The van der Waals surface area contributed by atoms with Gasteiger partial charge in [-0.25, -0.2) is 0 Å². The maximum atomic E-state index is 13.5. The highest BCUT2D eigenvalue weighted by Crippen LogP contribution is 2.43. The normalized spacial score (nSPS) is 20.1. The zero-order chi connectivity index (χ0) is 28.5. The van der Waals surface area contributed by atoms with Crippen molar-refractivity contribution in [2.24, 2.45) is 5.92 Å². The summed E-state index contributed by atoms with van der Waals surface area (Å²) in [5, 5.41) is 29.5. The first kappa shape index (κ1) is 29.8. The molecule has 3 N–H and O–H groups in total. The average molecular weight is 555 g/mol. The van der Waals surface area contributed by atoms with Crippen molar-refractivity contribution < 1.29 is 34.4 Å². The number of hydrogen-bond acceptors (Lipinski definition) is 7. The molecule has 0 saturated carbocycles. The van der Waals surface area contributed by atoms with E-state index >= 15 is 0 Å². The van der Waals surface area contributed by atoms with Crippen LogP contribution in [-0.2, 0) is 22.6 Å². The predicted octanol–water partition coefficient (Wildman–Crippen LogP) is 3.41. The number of aliphatic hydroxyl groups is 2. The van der Waals surface area contributed by atoms with Crippen molar-refractivity contribution in [3.05, 3.63) is 59.2 Å². The van der Waals surface area contributed by atoms with Crippen LogP contribution in [0, 0.1) is 5.92 Å². The summed E-state index contributed by atoms with van der Waals surface area (Å²) in [4.78, 5) is 30.1. The molecular weight excluding hydrogens is 512 g/mol. The molecule has 3 atom stereocenters. The van der Waals surface area contributed by atoms with Gasteiger partial charge in [-0.1, -0.05) is 43.7 Å². The number of amides is 1. The molecule has 0 aromatic heterocycles. The Balaban J connectivity index is 1.57. The molecule has 2 aliphatic rings. The second kappa shape index (κ2) is 14.5. The van der Waals surface area contributed by atoms with Crippen LogP contribution in [0.3, 0.4) is 0 Å². The third-order valence-electron chi connectivity index (χ3n) is 8.15. The molecule has 4 rings (SSSR count). The number of fused-ring (bicyclic) bond motifs is 1. The summed E-state index contributed by atoms with van der Waals surface area (Å²) in [6.45, 7) is 3.90. The van der Waals surface area contributed by atoms with Gasteiger partial charge in [0.05, 0.1) is 19.1 Å². The standard InChI is InChI=1S/C31H42N2O7/c1-2-3-14-32(15-7-16-34)29(36)19-33-18-25(23-12-13-27-28(17-23)40-21-39-27)30(31(37)38)26(33)11-6-10-22-8-4-5-9-24(22)20-35/h4-5,8-9,12-13,17,25-26,30,34-35H,2-3,6-7,10-11,14-16,18-21H2,1H3,(H,37,38)/t25-,26+,30-/m1/s1. The van der Waals surface area contributed by atoms with E-state index in [2.05, 4.69) is 6.92 Å². The van der Waals surface area contributed by atoms with E-state index in [0.717, 1.165) is 42.4 Å². The van der Waals surface area contributed by atoms with Crippen LogP contribution in [-0.4, -0.2) is 82.6 Å². The second-order valence-corrected chi connectivity index (χ2v) is 10.7. The van der Waals surface area contributed by atoms with Crippen LogP contribution < -0.4 is 9.47 Å². The SMILES string of the molecule is CCCCN(CCCO)C(=O)CN1C[C@H](c2ccc3c(c2)OCO3)[C@@H](C(=O)O)[C@@H]1CCCc1ccccc1CO. The third-order valence-corrected chi connectivity index (χ3v) is 8.15. The van der Waals surface area contributed by atoms with Crippen molar-refractivity contribution in [2.75, 3.05) is 39.6 Å². The van der Waals surface area contributed by atoms with Crippen molar-refractivity contribution >= 4 is 11.9 Å². The van der Waals surface area contributed by atoms with Gasteiger partial charge in [0.25, 0.3) is 0 Å². The molecule has 2 heterocycles. The number of aliphatic hydroxyl groups excluding tert-OH is 2. The first-order valence-electron chi connectivity index (χ1n) is 14.4. The number of aryl methyl sites for hydroxylation is 1. The van der Waals surface area contributed by atoms with Crippen molar-refractivity contribution in [3.63, 3.8) is 0 Å². The molecular formula is C31H42N2O7. The number of ether oxygens (including phenoxy) is 2. The molecule has 1 saturated heterocycles. The fourth-order valence-corrected chi connectivity index (χ4v) is 6.04. The van der Waals surface area contributed by atoms with E-state index in [1.54, 1.807) is 4.90 Å². The van der Waals surface area contributed by atoms with Crippen LogP contribution >= 0.6 is 0 Å². The molecule has 218 valence electrons. The minimum absolute atomic E-state index is 0.0187. The maximum Gasteiger partial charge on any atom is 0.308 e. The number of carboxylic acid groups (broad SMARTS) is 1. The summed E-state index contributed by atoms with van der Waals surface area (Å²) < 4.78 is 11.0. The molecule has 0 spiro atoms. The van der Waals surface area contributed by atoms with Gasteiger partial charge in [-0.3, -0.25) is 14.5 Å². The topological polar surface area (TPSA) is 120 Å². The molecule has 2 aromatic carbocycles. The molecule has 1 amide bonds. The molecule has 9 heteroatoms. The van der Waals surface area contributed by atoms with Crippen LogP contribution in [0.1, 0.15) is 61.6 Å². The van der Waals surface area contributed by atoms with Gasteiger partial charge in [0.15, 0.2) is 11.5 Å². The number of rotatable bonds is 15. The van der Waals surface area contributed by atoms with E-state index in [1.165, 1.54) is 0 Å².